The molecule has 2 amide bonds. The Bertz CT molecular complexity index is 876. The van der Waals surface area contributed by atoms with Gasteiger partial charge >= 0.3 is 12.4 Å². The highest BCUT2D eigenvalue weighted by Gasteiger charge is 2.32. The van der Waals surface area contributed by atoms with Gasteiger partial charge in [0, 0.05) is 17.8 Å². The lowest BCUT2D eigenvalue weighted by Crippen LogP contribution is -2.30. The lowest BCUT2D eigenvalue weighted by Gasteiger charge is -2.14. The van der Waals surface area contributed by atoms with Crippen molar-refractivity contribution in [3.63, 3.8) is 0 Å². The largest absolute Gasteiger partial charge is 0.573 e. The number of urea groups is 1. The summed E-state index contributed by atoms with van der Waals surface area (Å²) in [6.45, 7) is 0. The van der Waals surface area contributed by atoms with Crippen molar-refractivity contribution < 1.29 is 22.7 Å². The fourth-order valence-electron chi connectivity index (χ4n) is 1.78. The quantitative estimate of drug-likeness (QED) is 0.444. The summed E-state index contributed by atoms with van der Waals surface area (Å²) >= 11 is 17.5. The van der Waals surface area contributed by atoms with Gasteiger partial charge in [-0.3, -0.25) is 4.90 Å². The molecule has 0 saturated heterocycles. The Labute approximate surface area is 167 Å². The summed E-state index contributed by atoms with van der Waals surface area (Å²) in [6.07, 6.45) is -3.66. The third-order valence-corrected chi connectivity index (χ3v) is 3.86. The minimum Gasteiger partial charge on any atom is -0.404 e. The van der Waals surface area contributed by atoms with Crippen molar-refractivity contribution >= 4 is 58.5 Å². The van der Waals surface area contributed by atoms with Crippen LogP contribution in [0.15, 0.2) is 41.4 Å². The number of rotatable bonds is 4. The molecule has 144 valence electrons. The van der Waals surface area contributed by atoms with Crippen molar-refractivity contribution in [2.24, 2.45) is 4.99 Å². The number of hydrogen-bond donors (Lipinski definition) is 1. The van der Waals surface area contributed by atoms with Gasteiger partial charge in [0.1, 0.15) is 5.75 Å². The van der Waals surface area contributed by atoms with Crippen LogP contribution in [0.3, 0.4) is 0 Å². The van der Waals surface area contributed by atoms with Gasteiger partial charge in [0.25, 0.3) is 0 Å². The van der Waals surface area contributed by atoms with Gasteiger partial charge < -0.3 is 10.1 Å². The van der Waals surface area contributed by atoms with Crippen LogP contribution < -0.4 is 10.1 Å². The highest BCUT2D eigenvalue weighted by Crippen LogP contribution is 2.32. The topological polar surface area (TPSA) is 53.9 Å². The summed E-state index contributed by atoms with van der Waals surface area (Å²) in [5, 5.41) is 2.91. The molecule has 0 atom stereocenters. The second-order valence-electron chi connectivity index (χ2n) is 5.07. The molecule has 0 aliphatic rings. The lowest BCUT2D eigenvalue weighted by molar-refractivity contribution is -0.274. The Hall–Kier alpha value is -2.16. The molecule has 2 rings (SSSR count). The van der Waals surface area contributed by atoms with E-state index in [1.807, 2.05) is 0 Å². The van der Waals surface area contributed by atoms with Crippen molar-refractivity contribution in [1.29, 1.82) is 0 Å². The number of ether oxygens (including phenoxy) is 1. The Morgan fingerprint density at radius 1 is 1.15 bits per heavy atom. The van der Waals surface area contributed by atoms with Gasteiger partial charge in [-0.1, -0.05) is 34.8 Å². The van der Waals surface area contributed by atoms with Crippen LogP contribution in [0.25, 0.3) is 0 Å². The van der Waals surface area contributed by atoms with Crippen molar-refractivity contribution in [2.45, 2.75) is 6.36 Å². The molecule has 11 heteroatoms. The van der Waals surface area contributed by atoms with Gasteiger partial charge in [0.2, 0.25) is 0 Å². The minimum atomic E-state index is -4.87. The molecule has 0 radical (unpaired) electrons. The van der Waals surface area contributed by atoms with Crippen LogP contribution in [-0.4, -0.2) is 30.7 Å². The standard InChI is InChI=1S/C16H11Cl3F3N3O2/c1-25(8-23-13-6-9(17)2-4-11(13)18)15(26)24-10-3-5-14(12(19)7-10)27-16(20,21)22/h2-8H,1H3,(H,24,26). The fourth-order valence-corrected chi connectivity index (χ4v) is 2.34. The molecule has 0 heterocycles. The van der Waals surface area contributed by atoms with Crippen LogP contribution in [0, 0.1) is 0 Å². The molecule has 0 aliphatic carbocycles. The molecule has 2 aromatic rings. The van der Waals surface area contributed by atoms with Gasteiger partial charge in [-0.15, -0.1) is 13.2 Å². The van der Waals surface area contributed by atoms with Crippen molar-refractivity contribution in [3.05, 3.63) is 51.5 Å². The van der Waals surface area contributed by atoms with E-state index >= 15 is 0 Å². The van der Waals surface area contributed by atoms with E-state index in [0.29, 0.717) is 15.7 Å². The minimum absolute atomic E-state index is 0.167. The SMILES string of the molecule is CN(C=Nc1cc(Cl)ccc1Cl)C(=O)Nc1ccc(OC(F)(F)F)c(Cl)c1. The maximum atomic E-state index is 12.2. The Kier molecular flexibility index (Phi) is 6.80. The van der Waals surface area contributed by atoms with Gasteiger partial charge in [0.15, 0.2) is 0 Å². The molecule has 0 aromatic heterocycles. The van der Waals surface area contributed by atoms with Crippen LogP contribution in [0.2, 0.25) is 15.1 Å². The van der Waals surface area contributed by atoms with Gasteiger partial charge in [-0.25, -0.2) is 9.79 Å². The normalized spacial score (nSPS) is 11.5. The van der Waals surface area contributed by atoms with Crippen LogP contribution in [0.5, 0.6) is 5.75 Å². The monoisotopic (exact) mass is 439 g/mol. The summed E-state index contributed by atoms with van der Waals surface area (Å²) < 4.78 is 40.4. The van der Waals surface area contributed by atoms with Gasteiger partial charge in [0.05, 0.1) is 22.1 Å². The number of anilines is 1. The number of amides is 2. The Balaban J connectivity index is 2.04. The maximum absolute atomic E-state index is 12.2. The van der Waals surface area contributed by atoms with Crippen LogP contribution in [-0.2, 0) is 0 Å². The average Bonchev–Trinajstić information content (AvgIpc) is 2.56. The third-order valence-electron chi connectivity index (χ3n) is 3.01. The number of aliphatic imine (C=N–C) groups is 1. The summed E-state index contributed by atoms with van der Waals surface area (Å²) in [4.78, 5) is 17.3. The van der Waals surface area contributed by atoms with Crippen LogP contribution >= 0.6 is 34.8 Å². The number of nitrogens with one attached hydrogen (secondary N) is 1. The van der Waals surface area contributed by atoms with E-state index in [0.717, 1.165) is 17.0 Å². The second kappa shape index (κ2) is 8.69. The molecule has 0 spiro atoms. The first kappa shape index (κ1) is 21.1. The predicted molar refractivity (Wildman–Crippen MR) is 99.5 cm³/mol. The summed E-state index contributed by atoms with van der Waals surface area (Å²) in [5.74, 6) is -0.576. The first-order chi connectivity index (χ1) is 12.5. The summed E-state index contributed by atoms with van der Waals surface area (Å²) in [5.41, 5.74) is 0.529. The number of carbonyl (C=O) groups excluding carboxylic acids is 1. The molecule has 2 aromatic carbocycles. The predicted octanol–water partition coefficient (Wildman–Crippen LogP) is 6.37. The van der Waals surface area contributed by atoms with Crippen molar-refractivity contribution in [1.82, 2.24) is 4.90 Å². The summed E-state index contributed by atoms with van der Waals surface area (Å²) in [6, 6.07) is 7.38. The average molecular weight is 441 g/mol. The molecule has 0 bridgehead atoms. The highest BCUT2D eigenvalue weighted by molar-refractivity contribution is 6.35. The molecule has 27 heavy (non-hydrogen) atoms. The molecule has 0 saturated carbocycles. The van der Waals surface area contributed by atoms with Gasteiger partial charge in [-0.2, -0.15) is 0 Å². The highest BCUT2D eigenvalue weighted by atomic mass is 35.5. The number of hydrogen-bond acceptors (Lipinski definition) is 3. The first-order valence-electron chi connectivity index (χ1n) is 7.13. The molecule has 5 nitrogen and oxygen atoms in total. The van der Waals surface area contributed by atoms with Crippen LogP contribution in [0.4, 0.5) is 29.3 Å². The van der Waals surface area contributed by atoms with E-state index in [1.165, 1.54) is 25.5 Å². The molecule has 1 N–H and O–H groups in total. The molecule has 0 aliphatic heterocycles. The van der Waals surface area contributed by atoms with E-state index in [4.69, 9.17) is 34.8 Å². The molecule has 0 unspecified atom stereocenters. The van der Waals surface area contributed by atoms with Crippen LogP contribution in [0.1, 0.15) is 0 Å². The maximum Gasteiger partial charge on any atom is 0.573 e. The molecular formula is C16H11Cl3F3N3O2. The zero-order chi connectivity index (χ0) is 20.2. The zero-order valence-corrected chi connectivity index (χ0v) is 15.8. The number of benzene rings is 2. The van der Waals surface area contributed by atoms with Crippen molar-refractivity contribution in [3.8, 4) is 5.75 Å². The number of alkyl halides is 3. The summed E-state index contributed by atoms with van der Waals surface area (Å²) in [7, 11) is 1.42. The van der Waals surface area contributed by atoms with E-state index in [1.54, 1.807) is 12.1 Å². The van der Waals surface area contributed by atoms with E-state index in [9.17, 15) is 18.0 Å². The number of carbonyl (C=O) groups is 1. The van der Waals surface area contributed by atoms with Crippen molar-refractivity contribution in [2.75, 3.05) is 12.4 Å². The number of nitrogens with zero attached hydrogens (tertiary/aromatic N) is 2. The van der Waals surface area contributed by atoms with E-state index in [2.05, 4.69) is 15.0 Å². The third kappa shape index (κ3) is 6.50. The lowest BCUT2D eigenvalue weighted by atomic mass is 10.3. The smallest absolute Gasteiger partial charge is 0.404 e. The first-order valence-corrected chi connectivity index (χ1v) is 8.27. The fraction of sp³-hybridized carbons (Fsp3) is 0.125. The second-order valence-corrected chi connectivity index (χ2v) is 6.33. The molecule has 0 fully saturated rings. The number of halogens is 6. The Morgan fingerprint density at radius 3 is 2.48 bits per heavy atom. The molecular weight excluding hydrogens is 430 g/mol. The van der Waals surface area contributed by atoms with Gasteiger partial charge in [-0.05, 0) is 36.4 Å². The Morgan fingerprint density at radius 2 is 1.85 bits per heavy atom. The van der Waals surface area contributed by atoms with E-state index < -0.39 is 18.1 Å². The zero-order valence-electron chi connectivity index (χ0n) is 13.5. The van der Waals surface area contributed by atoms with E-state index in [-0.39, 0.29) is 10.7 Å².